The summed E-state index contributed by atoms with van der Waals surface area (Å²) in [7, 11) is 1.52. The number of hydrogen-bond donors (Lipinski definition) is 1. The summed E-state index contributed by atoms with van der Waals surface area (Å²) in [5, 5.41) is 9.77. The molecule has 1 aromatic heterocycles. The monoisotopic (exact) mass is 285 g/mol. The second kappa shape index (κ2) is 4.82. The molecule has 6 heteroatoms. The molecule has 3 rings (SSSR count). The first-order valence-corrected chi connectivity index (χ1v) is 6.14. The molecule has 0 unspecified atom stereocenters. The quantitative estimate of drug-likeness (QED) is 0.774. The molecule has 0 bridgehead atoms. The van der Waals surface area contributed by atoms with Crippen LogP contribution in [0.1, 0.15) is 0 Å². The molecule has 106 valence electrons. The van der Waals surface area contributed by atoms with Crippen molar-refractivity contribution in [3.63, 3.8) is 0 Å². The Balaban J connectivity index is 2.34. The summed E-state index contributed by atoms with van der Waals surface area (Å²) in [6, 6.07) is 10.7. The van der Waals surface area contributed by atoms with Gasteiger partial charge in [0.25, 0.3) is 5.56 Å². The zero-order valence-electron chi connectivity index (χ0n) is 11.1. The van der Waals surface area contributed by atoms with Crippen LogP contribution in [0.4, 0.5) is 0 Å². The lowest BCUT2D eigenvalue weighted by Gasteiger charge is -2.07. The molecule has 0 saturated carbocycles. The molecule has 0 fully saturated rings. The van der Waals surface area contributed by atoms with Gasteiger partial charge in [-0.3, -0.25) is 4.79 Å². The summed E-state index contributed by atoms with van der Waals surface area (Å²) in [5.74, 6) is -0.452. The molecule has 21 heavy (non-hydrogen) atoms. The third-order valence-electron chi connectivity index (χ3n) is 3.13. The summed E-state index contributed by atoms with van der Waals surface area (Å²) < 4.78 is 11.0. The van der Waals surface area contributed by atoms with Gasteiger partial charge in [-0.25, -0.2) is 9.36 Å². The van der Waals surface area contributed by atoms with Gasteiger partial charge in [-0.1, -0.05) is 6.07 Å². The van der Waals surface area contributed by atoms with Crippen molar-refractivity contribution < 1.29 is 14.3 Å². The molecule has 0 aliphatic rings. The molecule has 3 aromatic rings. The number of aromatic hydroxyl groups is 1. The Hall–Kier alpha value is -3.02. The second-order valence-corrected chi connectivity index (χ2v) is 4.36. The summed E-state index contributed by atoms with van der Waals surface area (Å²) in [6.45, 7) is 0. The van der Waals surface area contributed by atoms with Crippen molar-refractivity contribution in [1.82, 2.24) is 4.57 Å². The lowest BCUT2D eigenvalue weighted by molar-refractivity contribution is 0.414. The Morgan fingerprint density at radius 1 is 1.10 bits per heavy atom. The van der Waals surface area contributed by atoms with Gasteiger partial charge < -0.3 is 14.3 Å². The van der Waals surface area contributed by atoms with Gasteiger partial charge in [0.2, 0.25) is 0 Å². The van der Waals surface area contributed by atoms with Crippen molar-refractivity contribution in [2.75, 3.05) is 7.11 Å². The molecule has 2 aromatic carbocycles. The van der Waals surface area contributed by atoms with E-state index in [1.165, 1.54) is 25.3 Å². The van der Waals surface area contributed by atoms with E-state index in [1.54, 1.807) is 24.3 Å². The molecule has 1 N–H and O–H groups in total. The first-order chi connectivity index (χ1) is 10.1. The number of benzene rings is 2. The fourth-order valence-electron chi connectivity index (χ4n) is 2.11. The number of phenolic OH excluding ortho intramolecular Hbond substituents is 1. The van der Waals surface area contributed by atoms with E-state index in [2.05, 4.69) is 0 Å². The first-order valence-electron chi connectivity index (χ1n) is 6.14. The van der Waals surface area contributed by atoms with Gasteiger partial charge in [0.15, 0.2) is 0 Å². The van der Waals surface area contributed by atoms with Crippen molar-refractivity contribution in [3.05, 3.63) is 63.4 Å². The van der Waals surface area contributed by atoms with Crippen molar-refractivity contribution >= 4 is 11.0 Å². The Kier molecular flexibility index (Phi) is 2.98. The maximum atomic E-state index is 12.4. The van der Waals surface area contributed by atoms with Gasteiger partial charge in [-0.2, -0.15) is 0 Å². The molecule has 0 spiro atoms. The molecular weight excluding hydrogens is 274 g/mol. The molecule has 0 aliphatic heterocycles. The van der Waals surface area contributed by atoms with Gasteiger partial charge in [-0.15, -0.1) is 0 Å². The number of aromatic nitrogens is 1. The minimum absolute atomic E-state index is 0.0343. The Bertz CT molecular complexity index is 921. The number of nitrogens with zero attached hydrogens (tertiary/aromatic N) is 1. The third kappa shape index (κ3) is 2.06. The predicted molar refractivity (Wildman–Crippen MR) is 76.3 cm³/mol. The largest absolute Gasteiger partial charge is 0.507 e. The van der Waals surface area contributed by atoms with Crippen LogP contribution >= 0.6 is 0 Å². The molecule has 1 heterocycles. The fourth-order valence-corrected chi connectivity index (χ4v) is 2.11. The molecule has 6 nitrogen and oxygen atoms in total. The normalized spacial score (nSPS) is 10.7. The van der Waals surface area contributed by atoms with E-state index >= 15 is 0 Å². The van der Waals surface area contributed by atoms with Crippen LogP contribution in [0.5, 0.6) is 11.5 Å². The first kappa shape index (κ1) is 13.0. The van der Waals surface area contributed by atoms with Crippen LogP contribution in [0.25, 0.3) is 16.7 Å². The Morgan fingerprint density at radius 2 is 1.81 bits per heavy atom. The van der Waals surface area contributed by atoms with E-state index in [0.717, 1.165) is 4.57 Å². The number of ether oxygens (including phenoxy) is 1. The summed E-state index contributed by atoms with van der Waals surface area (Å²) in [4.78, 5) is 24.4. The van der Waals surface area contributed by atoms with Crippen LogP contribution in [0.3, 0.4) is 0 Å². The summed E-state index contributed by atoms with van der Waals surface area (Å²) in [6.07, 6.45) is 0. The zero-order valence-corrected chi connectivity index (χ0v) is 11.1. The smallest absolute Gasteiger partial charge is 0.426 e. The van der Waals surface area contributed by atoms with E-state index in [9.17, 15) is 14.7 Å². The molecule has 0 radical (unpaired) electrons. The number of methoxy groups -OCH3 is 1. The standard InChI is InChI=1S/C15H11NO5/c1-20-10-7-5-9(6-8-10)16-14(18)13-11(17)3-2-4-12(13)21-15(16)19/h2-8,17H,1H3. The van der Waals surface area contributed by atoms with Crippen LogP contribution in [0.2, 0.25) is 0 Å². The lowest BCUT2D eigenvalue weighted by atomic mass is 10.2. The third-order valence-corrected chi connectivity index (χ3v) is 3.13. The van der Waals surface area contributed by atoms with E-state index < -0.39 is 11.3 Å². The zero-order chi connectivity index (χ0) is 15.0. The predicted octanol–water partition coefficient (Wildman–Crippen LogP) is 1.66. The van der Waals surface area contributed by atoms with E-state index in [0.29, 0.717) is 11.4 Å². The van der Waals surface area contributed by atoms with Crippen LogP contribution in [0.15, 0.2) is 56.5 Å². The summed E-state index contributed by atoms with van der Waals surface area (Å²) >= 11 is 0. The molecule has 0 atom stereocenters. The number of rotatable bonds is 2. The maximum absolute atomic E-state index is 12.4. The number of hydrogen-bond acceptors (Lipinski definition) is 5. The van der Waals surface area contributed by atoms with Gasteiger partial charge in [0.1, 0.15) is 22.5 Å². The highest BCUT2D eigenvalue weighted by Crippen LogP contribution is 2.20. The van der Waals surface area contributed by atoms with E-state index in [1.807, 2.05) is 0 Å². The number of fused-ring (bicyclic) bond motifs is 1. The molecule has 0 saturated heterocycles. The van der Waals surface area contributed by atoms with Crippen LogP contribution in [0, 0.1) is 0 Å². The van der Waals surface area contributed by atoms with Gasteiger partial charge in [-0.05, 0) is 36.4 Å². The summed E-state index contributed by atoms with van der Waals surface area (Å²) in [5.41, 5.74) is -0.251. The van der Waals surface area contributed by atoms with Crippen LogP contribution < -0.4 is 16.1 Å². The lowest BCUT2D eigenvalue weighted by Crippen LogP contribution is -2.30. The van der Waals surface area contributed by atoms with E-state index in [-0.39, 0.29) is 16.7 Å². The van der Waals surface area contributed by atoms with Gasteiger partial charge in [0, 0.05) is 0 Å². The topological polar surface area (TPSA) is 81.7 Å². The SMILES string of the molecule is COc1ccc(-n2c(=O)oc3cccc(O)c3c2=O)cc1. The van der Waals surface area contributed by atoms with Crippen molar-refractivity contribution in [1.29, 1.82) is 0 Å². The van der Waals surface area contributed by atoms with Gasteiger partial charge in [0.05, 0.1) is 12.8 Å². The van der Waals surface area contributed by atoms with Crippen molar-refractivity contribution in [3.8, 4) is 17.2 Å². The average Bonchev–Trinajstić information content (AvgIpc) is 2.47. The minimum atomic E-state index is -0.816. The highest BCUT2D eigenvalue weighted by atomic mass is 16.5. The molecule has 0 aliphatic carbocycles. The van der Waals surface area contributed by atoms with E-state index in [4.69, 9.17) is 9.15 Å². The van der Waals surface area contributed by atoms with Crippen molar-refractivity contribution in [2.24, 2.45) is 0 Å². The highest BCUT2D eigenvalue weighted by Gasteiger charge is 2.14. The fraction of sp³-hybridized carbons (Fsp3) is 0.0667. The molecular formula is C15H11NO5. The van der Waals surface area contributed by atoms with Crippen LogP contribution in [-0.4, -0.2) is 16.8 Å². The number of phenols is 1. The minimum Gasteiger partial charge on any atom is -0.507 e. The van der Waals surface area contributed by atoms with Crippen molar-refractivity contribution in [2.45, 2.75) is 0 Å². The molecule has 0 amide bonds. The van der Waals surface area contributed by atoms with Crippen LogP contribution in [-0.2, 0) is 0 Å². The Labute approximate surface area is 118 Å². The average molecular weight is 285 g/mol. The Morgan fingerprint density at radius 3 is 2.48 bits per heavy atom. The maximum Gasteiger partial charge on any atom is 0.426 e. The van der Waals surface area contributed by atoms with Gasteiger partial charge >= 0.3 is 5.76 Å². The second-order valence-electron chi connectivity index (χ2n) is 4.36. The highest BCUT2D eigenvalue weighted by molar-refractivity contribution is 5.82.